The normalized spacial score (nSPS) is 16.3. The number of alkyl halides is 1. The lowest BCUT2D eigenvalue weighted by molar-refractivity contribution is 0.315. The molecule has 1 nitrogen and oxygen atoms in total. The van der Waals surface area contributed by atoms with Crippen LogP contribution in [-0.4, -0.2) is 12.0 Å². The van der Waals surface area contributed by atoms with Crippen LogP contribution in [0, 0.1) is 5.41 Å². The molecule has 0 amide bonds. The molecule has 0 saturated heterocycles. The molecule has 0 saturated carbocycles. The van der Waals surface area contributed by atoms with Crippen molar-refractivity contribution in [2.75, 3.05) is 6.61 Å². The number of rotatable bonds is 4. The van der Waals surface area contributed by atoms with E-state index in [4.69, 9.17) is 16.3 Å². The summed E-state index contributed by atoms with van der Waals surface area (Å²) in [5.74, 6) is 1.11. The standard InChI is InChI=1S/C15H20BrClO/c1-10(17)8-15(2,3)9-12-7-13(16)6-11-4-5-18-14(11)12/h6-7,10H,4-5,8-9H2,1-3H3. The summed E-state index contributed by atoms with van der Waals surface area (Å²) in [5, 5.41) is 0.209. The Morgan fingerprint density at radius 2 is 2.17 bits per heavy atom. The molecule has 0 radical (unpaired) electrons. The molecular weight excluding hydrogens is 312 g/mol. The Morgan fingerprint density at radius 3 is 2.83 bits per heavy atom. The molecule has 0 aromatic heterocycles. The SMILES string of the molecule is CC(Cl)CC(C)(C)Cc1cc(Br)cc2c1OCC2. The Morgan fingerprint density at radius 1 is 1.44 bits per heavy atom. The molecule has 3 heteroatoms. The highest BCUT2D eigenvalue weighted by Crippen LogP contribution is 2.38. The number of hydrogen-bond donors (Lipinski definition) is 0. The van der Waals surface area contributed by atoms with E-state index in [9.17, 15) is 0 Å². The number of fused-ring (bicyclic) bond motifs is 1. The molecule has 18 heavy (non-hydrogen) atoms. The Balaban J connectivity index is 2.24. The van der Waals surface area contributed by atoms with Gasteiger partial charge in [-0.15, -0.1) is 11.6 Å². The molecule has 0 aliphatic carbocycles. The topological polar surface area (TPSA) is 9.23 Å². The van der Waals surface area contributed by atoms with Crippen LogP contribution in [0.4, 0.5) is 0 Å². The average Bonchev–Trinajstić information content (AvgIpc) is 2.61. The van der Waals surface area contributed by atoms with Gasteiger partial charge >= 0.3 is 0 Å². The minimum atomic E-state index is 0.196. The number of benzene rings is 1. The summed E-state index contributed by atoms with van der Waals surface area (Å²) in [6, 6.07) is 4.35. The first kappa shape index (κ1) is 14.2. The predicted octanol–water partition coefficient (Wildman–Crippen LogP) is 4.97. The second-order valence-corrected chi connectivity index (χ2v) is 7.64. The first-order valence-electron chi connectivity index (χ1n) is 6.45. The average molecular weight is 332 g/mol. The number of halogens is 2. The highest BCUT2D eigenvalue weighted by Gasteiger charge is 2.25. The van der Waals surface area contributed by atoms with E-state index in [2.05, 4.69) is 48.8 Å². The molecule has 100 valence electrons. The van der Waals surface area contributed by atoms with Crippen molar-refractivity contribution in [2.45, 2.75) is 45.4 Å². The number of ether oxygens (including phenoxy) is 1. The first-order chi connectivity index (χ1) is 8.37. The van der Waals surface area contributed by atoms with Crippen LogP contribution < -0.4 is 4.74 Å². The zero-order valence-corrected chi connectivity index (χ0v) is 13.6. The van der Waals surface area contributed by atoms with Gasteiger partial charge in [0, 0.05) is 16.3 Å². The van der Waals surface area contributed by atoms with Gasteiger partial charge in [0.25, 0.3) is 0 Å². The van der Waals surface area contributed by atoms with Gasteiger partial charge in [0.15, 0.2) is 0 Å². The van der Waals surface area contributed by atoms with Gasteiger partial charge in [0.05, 0.1) is 6.61 Å². The lowest BCUT2D eigenvalue weighted by Crippen LogP contribution is -2.19. The second-order valence-electron chi connectivity index (χ2n) is 5.98. The zero-order chi connectivity index (χ0) is 13.3. The van der Waals surface area contributed by atoms with Crippen molar-refractivity contribution >= 4 is 27.5 Å². The van der Waals surface area contributed by atoms with Crippen molar-refractivity contribution in [3.63, 3.8) is 0 Å². The first-order valence-corrected chi connectivity index (χ1v) is 7.68. The van der Waals surface area contributed by atoms with Gasteiger partial charge in [-0.1, -0.05) is 29.8 Å². The molecule has 1 aliphatic rings. The molecule has 0 spiro atoms. The summed E-state index contributed by atoms with van der Waals surface area (Å²) in [6.07, 6.45) is 3.04. The molecule has 1 heterocycles. The molecule has 1 aliphatic heterocycles. The van der Waals surface area contributed by atoms with Gasteiger partial charge in [-0.3, -0.25) is 0 Å². The molecule has 2 rings (SSSR count). The molecular formula is C15H20BrClO. The lowest BCUT2D eigenvalue weighted by atomic mass is 9.81. The Kier molecular flexibility index (Phi) is 4.28. The van der Waals surface area contributed by atoms with Crippen molar-refractivity contribution in [3.05, 3.63) is 27.7 Å². The van der Waals surface area contributed by atoms with E-state index < -0.39 is 0 Å². The maximum atomic E-state index is 6.14. The minimum absolute atomic E-state index is 0.196. The number of hydrogen-bond acceptors (Lipinski definition) is 1. The monoisotopic (exact) mass is 330 g/mol. The second kappa shape index (κ2) is 5.42. The molecule has 0 N–H and O–H groups in total. The highest BCUT2D eigenvalue weighted by molar-refractivity contribution is 9.10. The van der Waals surface area contributed by atoms with Crippen molar-refractivity contribution in [2.24, 2.45) is 5.41 Å². The van der Waals surface area contributed by atoms with Gasteiger partial charge in [-0.25, -0.2) is 0 Å². The van der Waals surface area contributed by atoms with E-state index in [0.29, 0.717) is 0 Å². The summed E-state index contributed by atoms with van der Waals surface area (Å²) in [4.78, 5) is 0. The third-order valence-corrected chi connectivity index (χ3v) is 3.94. The largest absolute Gasteiger partial charge is 0.493 e. The maximum Gasteiger partial charge on any atom is 0.125 e. The minimum Gasteiger partial charge on any atom is -0.493 e. The lowest BCUT2D eigenvalue weighted by Gasteiger charge is -2.27. The van der Waals surface area contributed by atoms with Crippen LogP contribution in [0.15, 0.2) is 16.6 Å². The van der Waals surface area contributed by atoms with Crippen molar-refractivity contribution in [1.82, 2.24) is 0 Å². The zero-order valence-electron chi connectivity index (χ0n) is 11.2. The van der Waals surface area contributed by atoms with Crippen molar-refractivity contribution in [1.29, 1.82) is 0 Å². The maximum absolute atomic E-state index is 6.14. The summed E-state index contributed by atoms with van der Waals surface area (Å²) in [7, 11) is 0. The third kappa shape index (κ3) is 3.42. The van der Waals surface area contributed by atoms with Crippen LogP contribution in [-0.2, 0) is 12.8 Å². The van der Waals surface area contributed by atoms with E-state index in [1.54, 1.807) is 0 Å². The summed E-state index contributed by atoms with van der Waals surface area (Å²) >= 11 is 9.73. The van der Waals surface area contributed by atoms with Crippen LogP contribution in [0.3, 0.4) is 0 Å². The molecule has 1 aromatic rings. The molecule has 0 bridgehead atoms. The van der Waals surface area contributed by atoms with E-state index >= 15 is 0 Å². The van der Waals surface area contributed by atoms with Crippen molar-refractivity contribution in [3.8, 4) is 5.75 Å². The van der Waals surface area contributed by atoms with Gasteiger partial charge in [-0.05, 0) is 48.4 Å². The quantitative estimate of drug-likeness (QED) is 0.708. The van der Waals surface area contributed by atoms with E-state index in [-0.39, 0.29) is 10.8 Å². The molecule has 0 fully saturated rings. The van der Waals surface area contributed by atoms with Gasteiger partial charge < -0.3 is 4.74 Å². The smallest absolute Gasteiger partial charge is 0.125 e. The Hall–Kier alpha value is -0.210. The van der Waals surface area contributed by atoms with E-state index in [1.165, 1.54) is 11.1 Å². The molecule has 1 aromatic carbocycles. The van der Waals surface area contributed by atoms with Crippen LogP contribution in [0.2, 0.25) is 0 Å². The van der Waals surface area contributed by atoms with Gasteiger partial charge in [0.1, 0.15) is 5.75 Å². The van der Waals surface area contributed by atoms with Crippen LogP contribution in [0.25, 0.3) is 0 Å². The Labute approximate surface area is 123 Å². The van der Waals surface area contributed by atoms with Crippen LogP contribution >= 0.6 is 27.5 Å². The van der Waals surface area contributed by atoms with E-state index in [1.807, 2.05) is 0 Å². The third-order valence-electron chi connectivity index (χ3n) is 3.33. The Bertz CT molecular complexity index is 440. The summed E-state index contributed by atoms with van der Waals surface area (Å²) in [5.41, 5.74) is 2.83. The fraction of sp³-hybridized carbons (Fsp3) is 0.600. The predicted molar refractivity (Wildman–Crippen MR) is 80.8 cm³/mol. The van der Waals surface area contributed by atoms with Crippen LogP contribution in [0.5, 0.6) is 5.75 Å². The van der Waals surface area contributed by atoms with Crippen molar-refractivity contribution < 1.29 is 4.74 Å². The molecule has 1 atom stereocenters. The van der Waals surface area contributed by atoms with Crippen LogP contribution in [0.1, 0.15) is 38.3 Å². The summed E-state index contributed by atoms with van der Waals surface area (Å²) < 4.78 is 6.93. The molecule has 1 unspecified atom stereocenters. The highest BCUT2D eigenvalue weighted by atomic mass is 79.9. The van der Waals surface area contributed by atoms with Gasteiger partial charge in [-0.2, -0.15) is 0 Å². The van der Waals surface area contributed by atoms with E-state index in [0.717, 1.165) is 36.1 Å². The van der Waals surface area contributed by atoms with Gasteiger partial charge in [0.2, 0.25) is 0 Å². The fourth-order valence-electron chi connectivity index (χ4n) is 2.83. The summed E-state index contributed by atoms with van der Waals surface area (Å²) in [6.45, 7) is 7.42. The fourth-order valence-corrected chi connectivity index (χ4v) is 3.80.